The maximum Gasteiger partial charge on any atom is 0.225 e. The first-order valence-electron chi connectivity index (χ1n) is 6.01. The van der Waals surface area contributed by atoms with Crippen LogP contribution in [0.5, 0.6) is 0 Å². The molecule has 0 saturated heterocycles. The standard InChI is InChI=1S/C13H13N3OS2/c1-2-14-13-15-11-10(5-7-18-11)12(16-13)19-8-9-4-3-6-17-9/h3-7H,2,8H2,1H3,(H,14,15,16). The summed E-state index contributed by atoms with van der Waals surface area (Å²) in [7, 11) is 0. The van der Waals surface area contributed by atoms with E-state index in [1.165, 1.54) is 0 Å². The van der Waals surface area contributed by atoms with E-state index in [4.69, 9.17) is 4.42 Å². The second-order valence-corrected chi connectivity index (χ2v) is 5.75. The molecule has 3 heterocycles. The molecule has 0 saturated carbocycles. The summed E-state index contributed by atoms with van der Waals surface area (Å²) in [4.78, 5) is 10.1. The van der Waals surface area contributed by atoms with Crippen molar-refractivity contribution in [3.8, 4) is 0 Å². The van der Waals surface area contributed by atoms with Crippen LogP contribution in [0.1, 0.15) is 12.7 Å². The van der Waals surface area contributed by atoms with Crippen molar-refractivity contribution in [3.05, 3.63) is 35.6 Å². The van der Waals surface area contributed by atoms with Crippen LogP contribution >= 0.6 is 23.1 Å². The molecule has 3 aromatic rings. The summed E-state index contributed by atoms with van der Waals surface area (Å²) < 4.78 is 5.35. The van der Waals surface area contributed by atoms with E-state index in [1.807, 2.05) is 24.4 Å². The van der Waals surface area contributed by atoms with Gasteiger partial charge in [0.15, 0.2) is 0 Å². The lowest BCUT2D eigenvalue weighted by atomic mass is 10.4. The predicted molar refractivity (Wildman–Crippen MR) is 79.8 cm³/mol. The number of rotatable bonds is 5. The lowest BCUT2D eigenvalue weighted by Crippen LogP contribution is -2.02. The molecule has 0 aliphatic heterocycles. The van der Waals surface area contributed by atoms with Gasteiger partial charge in [-0.05, 0) is 30.5 Å². The Labute approximate surface area is 119 Å². The fourth-order valence-corrected chi connectivity index (χ4v) is 3.45. The lowest BCUT2D eigenvalue weighted by molar-refractivity contribution is 0.530. The number of hydrogen-bond donors (Lipinski definition) is 1. The SMILES string of the molecule is CCNc1nc(SCc2ccco2)c2ccsc2n1. The van der Waals surface area contributed by atoms with Crippen LogP contribution in [0, 0.1) is 0 Å². The lowest BCUT2D eigenvalue weighted by Gasteiger charge is -2.05. The van der Waals surface area contributed by atoms with Gasteiger partial charge in [0.25, 0.3) is 0 Å². The van der Waals surface area contributed by atoms with E-state index in [0.717, 1.165) is 33.3 Å². The Hall–Kier alpha value is -1.53. The van der Waals surface area contributed by atoms with Crippen molar-refractivity contribution in [1.82, 2.24) is 9.97 Å². The first kappa shape index (κ1) is 12.5. The van der Waals surface area contributed by atoms with Gasteiger partial charge in [-0.3, -0.25) is 0 Å². The van der Waals surface area contributed by atoms with Gasteiger partial charge in [0, 0.05) is 11.9 Å². The molecular formula is C13H13N3OS2. The highest BCUT2D eigenvalue weighted by molar-refractivity contribution is 7.98. The Kier molecular flexibility index (Phi) is 3.70. The molecule has 0 aliphatic rings. The van der Waals surface area contributed by atoms with E-state index in [-0.39, 0.29) is 0 Å². The number of nitrogens with one attached hydrogen (secondary N) is 1. The third-order valence-electron chi connectivity index (χ3n) is 2.56. The summed E-state index contributed by atoms with van der Waals surface area (Å²) in [5, 5.41) is 7.33. The molecule has 0 bridgehead atoms. The molecule has 0 radical (unpaired) electrons. The quantitative estimate of drug-likeness (QED) is 0.568. The minimum atomic E-state index is 0.694. The highest BCUT2D eigenvalue weighted by Crippen LogP contribution is 2.31. The Balaban J connectivity index is 1.89. The second kappa shape index (κ2) is 5.63. The molecule has 3 aromatic heterocycles. The molecule has 0 unspecified atom stereocenters. The summed E-state index contributed by atoms with van der Waals surface area (Å²) in [6.45, 7) is 2.86. The monoisotopic (exact) mass is 291 g/mol. The van der Waals surface area contributed by atoms with E-state index in [0.29, 0.717) is 5.95 Å². The molecule has 19 heavy (non-hydrogen) atoms. The summed E-state index contributed by atoms with van der Waals surface area (Å²) in [6, 6.07) is 5.95. The maximum absolute atomic E-state index is 5.35. The van der Waals surface area contributed by atoms with Gasteiger partial charge in [0.1, 0.15) is 15.6 Å². The number of furan rings is 1. The largest absolute Gasteiger partial charge is 0.468 e. The van der Waals surface area contributed by atoms with E-state index in [9.17, 15) is 0 Å². The smallest absolute Gasteiger partial charge is 0.225 e. The molecule has 6 heteroatoms. The molecule has 0 atom stereocenters. The normalized spacial score (nSPS) is 11.0. The van der Waals surface area contributed by atoms with Crippen LogP contribution in [0.4, 0.5) is 5.95 Å². The Morgan fingerprint density at radius 3 is 3.11 bits per heavy atom. The molecule has 0 aromatic carbocycles. The summed E-state index contributed by atoms with van der Waals surface area (Å²) in [6.07, 6.45) is 1.69. The van der Waals surface area contributed by atoms with E-state index < -0.39 is 0 Å². The average Bonchev–Trinajstić information content (AvgIpc) is 3.07. The van der Waals surface area contributed by atoms with Crippen molar-refractivity contribution in [1.29, 1.82) is 0 Å². The summed E-state index contributed by atoms with van der Waals surface area (Å²) >= 11 is 3.31. The van der Waals surface area contributed by atoms with Gasteiger partial charge in [-0.1, -0.05) is 11.8 Å². The van der Waals surface area contributed by atoms with Crippen molar-refractivity contribution in [2.75, 3.05) is 11.9 Å². The Bertz CT molecular complexity index is 664. The van der Waals surface area contributed by atoms with Crippen LogP contribution < -0.4 is 5.32 Å². The molecule has 4 nitrogen and oxygen atoms in total. The number of thiophene rings is 1. The summed E-state index contributed by atoms with van der Waals surface area (Å²) in [5.74, 6) is 2.43. The topological polar surface area (TPSA) is 51.0 Å². The highest BCUT2D eigenvalue weighted by atomic mass is 32.2. The number of fused-ring (bicyclic) bond motifs is 1. The first-order chi connectivity index (χ1) is 9.36. The number of anilines is 1. The zero-order valence-electron chi connectivity index (χ0n) is 10.4. The van der Waals surface area contributed by atoms with Crippen molar-refractivity contribution >= 4 is 39.3 Å². The van der Waals surface area contributed by atoms with E-state index in [1.54, 1.807) is 29.4 Å². The van der Waals surface area contributed by atoms with Crippen LogP contribution in [0.3, 0.4) is 0 Å². The zero-order valence-corrected chi connectivity index (χ0v) is 12.1. The van der Waals surface area contributed by atoms with Gasteiger partial charge < -0.3 is 9.73 Å². The fourth-order valence-electron chi connectivity index (χ4n) is 1.71. The molecule has 0 fully saturated rings. The number of hydrogen-bond acceptors (Lipinski definition) is 6. The molecule has 1 N–H and O–H groups in total. The van der Waals surface area contributed by atoms with E-state index in [2.05, 4.69) is 21.4 Å². The zero-order chi connectivity index (χ0) is 13.1. The van der Waals surface area contributed by atoms with E-state index >= 15 is 0 Å². The summed E-state index contributed by atoms with van der Waals surface area (Å²) in [5.41, 5.74) is 0. The molecule has 0 aliphatic carbocycles. The third-order valence-corrected chi connectivity index (χ3v) is 4.38. The minimum Gasteiger partial charge on any atom is -0.468 e. The Morgan fingerprint density at radius 2 is 2.32 bits per heavy atom. The van der Waals surface area contributed by atoms with Crippen LogP contribution in [0.25, 0.3) is 10.2 Å². The van der Waals surface area contributed by atoms with Crippen molar-refractivity contribution in [3.63, 3.8) is 0 Å². The van der Waals surface area contributed by atoms with Gasteiger partial charge in [-0.15, -0.1) is 11.3 Å². The van der Waals surface area contributed by atoms with Gasteiger partial charge in [0.2, 0.25) is 5.95 Å². The fraction of sp³-hybridized carbons (Fsp3) is 0.231. The van der Waals surface area contributed by atoms with Gasteiger partial charge in [0.05, 0.1) is 12.0 Å². The van der Waals surface area contributed by atoms with Gasteiger partial charge in [-0.2, -0.15) is 0 Å². The second-order valence-electron chi connectivity index (χ2n) is 3.89. The van der Waals surface area contributed by atoms with Crippen molar-refractivity contribution in [2.45, 2.75) is 17.7 Å². The molecule has 0 amide bonds. The number of thioether (sulfide) groups is 1. The van der Waals surface area contributed by atoms with Gasteiger partial charge >= 0.3 is 0 Å². The minimum absolute atomic E-state index is 0.694. The van der Waals surface area contributed by atoms with Crippen LogP contribution in [-0.2, 0) is 5.75 Å². The molecule has 98 valence electrons. The highest BCUT2D eigenvalue weighted by Gasteiger charge is 2.10. The third kappa shape index (κ3) is 2.74. The molecule has 0 spiro atoms. The van der Waals surface area contributed by atoms with Crippen LogP contribution in [0.2, 0.25) is 0 Å². The molecular weight excluding hydrogens is 278 g/mol. The first-order valence-corrected chi connectivity index (χ1v) is 7.87. The Morgan fingerprint density at radius 1 is 1.37 bits per heavy atom. The maximum atomic E-state index is 5.35. The van der Waals surface area contributed by atoms with Crippen LogP contribution in [0.15, 0.2) is 39.3 Å². The molecule has 3 rings (SSSR count). The van der Waals surface area contributed by atoms with Gasteiger partial charge in [-0.25, -0.2) is 9.97 Å². The average molecular weight is 291 g/mol. The van der Waals surface area contributed by atoms with Crippen LogP contribution in [-0.4, -0.2) is 16.5 Å². The number of nitrogens with zero attached hydrogens (tertiary/aromatic N) is 2. The van der Waals surface area contributed by atoms with Crippen molar-refractivity contribution < 1.29 is 4.42 Å². The van der Waals surface area contributed by atoms with Crippen molar-refractivity contribution in [2.24, 2.45) is 0 Å². The predicted octanol–water partition coefficient (Wildman–Crippen LogP) is 4.01. The number of aromatic nitrogens is 2.